The summed E-state index contributed by atoms with van der Waals surface area (Å²) in [4.78, 5) is 16.8. The van der Waals surface area contributed by atoms with Crippen LogP contribution in [0.5, 0.6) is 0 Å². The van der Waals surface area contributed by atoms with Gasteiger partial charge in [0, 0.05) is 29.1 Å². The van der Waals surface area contributed by atoms with Gasteiger partial charge < -0.3 is 5.32 Å². The Balaban J connectivity index is 1.89. The van der Waals surface area contributed by atoms with Crippen molar-refractivity contribution in [3.8, 4) is 5.69 Å². The molecule has 1 heterocycles. The van der Waals surface area contributed by atoms with Crippen LogP contribution in [0.2, 0.25) is 0 Å². The Morgan fingerprint density at radius 1 is 1.17 bits per heavy atom. The first-order valence-corrected chi connectivity index (χ1v) is 8.06. The summed E-state index contributed by atoms with van der Waals surface area (Å²) in [7, 11) is 0. The number of nitrogens with zero attached hydrogens (tertiary/aromatic N) is 2. The van der Waals surface area contributed by atoms with Crippen LogP contribution < -0.4 is 10.9 Å². The lowest BCUT2D eigenvalue weighted by molar-refractivity contribution is 0.942. The lowest BCUT2D eigenvalue weighted by Gasteiger charge is -2.10. The second kappa shape index (κ2) is 6.79. The van der Waals surface area contributed by atoms with Crippen molar-refractivity contribution in [1.82, 2.24) is 9.55 Å². The maximum absolute atomic E-state index is 12.6. The fourth-order valence-electron chi connectivity index (χ4n) is 2.30. The van der Waals surface area contributed by atoms with Crippen molar-refractivity contribution in [2.75, 3.05) is 5.32 Å². The maximum Gasteiger partial charge on any atom is 0.297 e. The van der Waals surface area contributed by atoms with Crippen molar-refractivity contribution in [2.45, 2.75) is 13.5 Å². The highest BCUT2D eigenvalue weighted by Crippen LogP contribution is 2.18. The fraction of sp³-hybridized carbons (Fsp3) is 0.111. The van der Waals surface area contributed by atoms with E-state index in [1.807, 2.05) is 55.5 Å². The zero-order valence-electron chi connectivity index (χ0n) is 12.7. The van der Waals surface area contributed by atoms with E-state index in [0.717, 1.165) is 21.3 Å². The highest BCUT2D eigenvalue weighted by atomic mass is 79.9. The minimum atomic E-state index is -0.162. The number of anilines is 1. The van der Waals surface area contributed by atoms with Crippen molar-refractivity contribution in [2.24, 2.45) is 0 Å². The van der Waals surface area contributed by atoms with Gasteiger partial charge in [-0.25, -0.2) is 4.98 Å². The first-order chi connectivity index (χ1) is 11.1. The van der Waals surface area contributed by atoms with Crippen LogP contribution in [0.25, 0.3) is 5.69 Å². The van der Waals surface area contributed by atoms with E-state index < -0.39 is 0 Å². The van der Waals surface area contributed by atoms with Gasteiger partial charge in [0.15, 0.2) is 5.82 Å². The van der Waals surface area contributed by atoms with Crippen molar-refractivity contribution in [3.05, 3.63) is 86.9 Å². The summed E-state index contributed by atoms with van der Waals surface area (Å²) < 4.78 is 2.62. The lowest BCUT2D eigenvalue weighted by atomic mass is 10.2. The number of halogens is 1. The van der Waals surface area contributed by atoms with E-state index >= 15 is 0 Å². The third-order valence-electron chi connectivity index (χ3n) is 3.56. The van der Waals surface area contributed by atoms with E-state index in [2.05, 4.69) is 26.2 Å². The van der Waals surface area contributed by atoms with Crippen LogP contribution in [0.3, 0.4) is 0 Å². The molecule has 2 aromatic carbocycles. The maximum atomic E-state index is 12.6. The molecule has 5 heteroatoms. The molecule has 0 saturated carbocycles. The molecule has 0 unspecified atom stereocenters. The van der Waals surface area contributed by atoms with Gasteiger partial charge in [0.25, 0.3) is 5.56 Å². The van der Waals surface area contributed by atoms with Gasteiger partial charge in [-0.05, 0) is 36.2 Å². The number of aryl methyl sites for hydroxylation is 1. The van der Waals surface area contributed by atoms with Gasteiger partial charge in [0.1, 0.15) is 0 Å². The first-order valence-electron chi connectivity index (χ1n) is 7.27. The summed E-state index contributed by atoms with van der Waals surface area (Å²) in [5.41, 5.74) is 2.83. The third kappa shape index (κ3) is 3.51. The molecule has 1 N–H and O–H groups in total. The minimum absolute atomic E-state index is 0.162. The molecular formula is C18H16BrN3O. The Morgan fingerprint density at radius 3 is 2.70 bits per heavy atom. The van der Waals surface area contributed by atoms with Crippen LogP contribution in [0, 0.1) is 6.92 Å². The van der Waals surface area contributed by atoms with Crippen LogP contribution in [-0.2, 0) is 6.54 Å². The summed E-state index contributed by atoms with van der Waals surface area (Å²) in [5.74, 6) is 0.344. The summed E-state index contributed by atoms with van der Waals surface area (Å²) >= 11 is 3.47. The smallest absolute Gasteiger partial charge is 0.297 e. The predicted octanol–water partition coefficient (Wildman–Crippen LogP) is 3.92. The van der Waals surface area contributed by atoms with Gasteiger partial charge in [-0.1, -0.05) is 46.3 Å². The zero-order chi connectivity index (χ0) is 16.2. The van der Waals surface area contributed by atoms with Crippen molar-refractivity contribution in [1.29, 1.82) is 0 Å². The molecular weight excluding hydrogens is 354 g/mol. The molecule has 0 saturated heterocycles. The van der Waals surface area contributed by atoms with Crippen molar-refractivity contribution < 1.29 is 0 Å². The van der Waals surface area contributed by atoms with Crippen LogP contribution in [0.15, 0.2) is 70.2 Å². The van der Waals surface area contributed by atoms with Gasteiger partial charge in [0.2, 0.25) is 0 Å². The van der Waals surface area contributed by atoms with Crippen molar-refractivity contribution >= 4 is 21.7 Å². The molecule has 0 atom stereocenters. The van der Waals surface area contributed by atoms with E-state index in [4.69, 9.17) is 0 Å². The Labute approximate surface area is 143 Å². The summed E-state index contributed by atoms with van der Waals surface area (Å²) in [6, 6.07) is 15.7. The number of aromatic nitrogens is 2. The van der Waals surface area contributed by atoms with Gasteiger partial charge >= 0.3 is 0 Å². The summed E-state index contributed by atoms with van der Waals surface area (Å²) in [6.45, 7) is 2.56. The third-order valence-corrected chi connectivity index (χ3v) is 4.45. The summed E-state index contributed by atoms with van der Waals surface area (Å²) in [6.07, 6.45) is 3.31. The standard InChI is InChI=1S/C18H16BrN3O/c1-13-11-15(7-8-16(13)19)22-10-9-20-17(18(22)23)21-12-14-5-3-2-4-6-14/h2-11H,12H2,1H3,(H,20,21). The van der Waals surface area contributed by atoms with Gasteiger partial charge in [0.05, 0.1) is 0 Å². The largest absolute Gasteiger partial charge is 0.361 e. The van der Waals surface area contributed by atoms with E-state index in [1.165, 1.54) is 0 Å². The Bertz CT molecular complexity index is 875. The van der Waals surface area contributed by atoms with Crippen molar-refractivity contribution in [3.63, 3.8) is 0 Å². The molecule has 0 aliphatic carbocycles. The molecule has 116 valence electrons. The number of hydrogen-bond donors (Lipinski definition) is 1. The Hall–Kier alpha value is -2.40. The highest BCUT2D eigenvalue weighted by Gasteiger charge is 2.07. The van der Waals surface area contributed by atoms with E-state index in [1.54, 1.807) is 17.0 Å². The molecule has 0 amide bonds. The first kappa shape index (κ1) is 15.5. The van der Waals surface area contributed by atoms with Gasteiger partial charge in [-0.15, -0.1) is 0 Å². The zero-order valence-corrected chi connectivity index (χ0v) is 14.2. The van der Waals surface area contributed by atoms with Crippen LogP contribution in [0.4, 0.5) is 5.82 Å². The predicted molar refractivity (Wildman–Crippen MR) is 96.0 cm³/mol. The Kier molecular flexibility index (Phi) is 4.57. The monoisotopic (exact) mass is 369 g/mol. The second-order valence-corrected chi connectivity index (χ2v) is 6.08. The van der Waals surface area contributed by atoms with E-state index in [9.17, 15) is 4.79 Å². The number of nitrogens with one attached hydrogen (secondary N) is 1. The Morgan fingerprint density at radius 2 is 1.96 bits per heavy atom. The second-order valence-electron chi connectivity index (χ2n) is 5.22. The van der Waals surface area contributed by atoms with Gasteiger partial charge in [-0.2, -0.15) is 0 Å². The molecule has 1 aromatic heterocycles. The lowest BCUT2D eigenvalue weighted by Crippen LogP contribution is -2.23. The SMILES string of the molecule is Cc1cc(-n2ccnc(NCc3ccccc3)c2=O)ccc1Br. The van der Waals surface area contributed by atoms with Crippen LogP contribution in [-0.4, -0.2) is 9.55 Å². The molecule has 0 aliphatic heterocycles. The number of rotatable bonds is 4. The molecule has 3 aromatic rings. The number of benzene rings is 2. The quantitative estimate of drug-likeness (QED) is 0.758. The minimum Gasteiger partial charge on any atom is -0.361 e. The average Bonchev–Trinajstić information content (AvgIpc) is 2.57. The highest BCUT2D eigenvalue weighted by molar-refractivity contribution is 9.10. The average molecular weight is 370 g/mol. The summed E-state index contributed by atoms with van der Waals surface area (Å²) in [5, 5.41) is 3.11. The molecule has 3 rings (SSSR count). The van der Waals surface area contributed by atoms with E-state index in [-0.39, 0.29) is 5.56 Å². The molecule has 0 radical (unpaired) electrons. The van der Waals surface area contributed by atoms with Crippen LogP contribution in [0.1, 0.15) is 11.1 Å². The molecule has 23 heavy (non-hydrogen) atoms. The fourth-order valence-corrected chi connectivity index (χ4v) is 2.54. The molecule has 4 nitrogen and oxygen atoms in total. The van der Waals surface area contributed by atoms with E-state index in [0.29, 0.717) is 12.4 Å². The molecule has 0 fully saturated rings. The van der Waals surface area contributed by atoms with Gasteiger partial charge in [-0.3, -0.25) is 9.36 Å². The molecule has 0 spiro atoms. The normalized spacial score (nSPS) is 10.5. The number of hydrogen-bond acceptors (Lipinski definition) is 3. The topological polar surface area (TPSA) is 46.9 Å². The molecule has 0 bridgehead atoms. The van der Waals surface area contributed by atoms with Crippen LogP contribution >= 0.6 is 15.9 Å². The molecule has 0 aliphatic rings.